The van der Waals surface area contributed by atoms with Crippen LogP contribution < -0.4 is 11.1 Å². The zero-order chi connectivity index (χ0) is 16.9. The zero-order valence-electron chi connectivity index (χ0n) is 13.9. The molecule has 8 heteroatoms. The van der Waals surface area contributed by atoms with Gasteiger partial charge in [-0.15, -0.1) is 17.5 Å². The highest BCUT2D eigenvalue weighted by molar-refractivity contribution is 5.92. The maximum Gasteiger partial charge on any atom is 0.273 e. The van der Waals surface area contributed by atoms with Gasteiger partial charge in [0.05, 0.1) is 11.9 Å². The van der Waals surface area contributed by atoms with Crippen molar-refractivity contribution in [3.63, 3.8) is 0 Å². The summed E-state index contributed by atoms with van der Waals surface area (Å²) >= 11 is 0. The standard InChI is InChI=1S/C17H22FN5O.ClH/c18-13-6-8-14(9-7-13)23-20-11-16(22-23)17(24)21-15(10-19)12-4-2-1-3-5-12;/h6-9,11-12,15H,1-5,10,19H2,(H,21,24);1H. The molecule has 3 rings (SSSR count). The first-order chi connectivity index (χ1) is 11.7. The van der Waals surface area contributed by atoms with Crippen molar-refractivity contribution < 1.29 is 9.18 Å². The lowest BCUT2D eigenvalue weighted by Gasteiger charge is -2.29. The SMILES string of the molecule is Cl.NCC(NC(=O)c1cnn(-c2ccc(F)cc2)n1)C1CCCCC1. The molecule has 2 aromatic rings. The van der Waals surface area contributed by atoms with Gasteiger partial charge in [-0.2, -0.15) is 9.90 Å². The van der Waals surface area contributed by atoms with E-state index in [-0.39, 0.29) is 35.9 Å². The fourth-order valence-corrected chi connectivity index (χ4v) is 3.21. The first-order valence-corrected chi connectivity index (χ1v) is 8.36. The molecule has 1 aliphatic rings. The molecule has 1 aromatic carbocycles. The third kappa shape index (κ3) is 4.76. The van der Waals surface area contributed by atoms with Gasteiger partial charge in [0, 0.05) is 12.6 Å². The molecule has 1 amide bonds. The maximum atomic E-state index is 13.0. The number of amides is 1. The van der Waals surface area contributed by atoms with Crippen LogP contribution in [0, 0.1) is 11.7 Å². The average Bonchev–Trinajstić information content (AvgIpc) is 3.11. The highest BCUT2D eigenvalue weighted by Gasteiger charge is 2.25. The van der Waals surface area contributed by atoms with E-state index in [2.05, 4.69) is 15.5 Å². The molecule has 6 nitrogen and oxygen atoms in total. The van der Waals surface area contributed by atoms with E-state index in [4.69, 9.17) is 5.73 Å². The number of nitrogens with one attached hydrogen (secondary N) is 1. The van der Waals surface area contributed by atoms with Crippen molar-refractivity contribution in [3.05, 3.63) is 42.0 Å². The van der Waals surface area contributed by atoms with Gasteiger partial charge in [0.15, 0.2) is 5.69 Å². The number of carbonyl (C=O) groups excluding carboxylic acids is 1. The minimum absolute atomic E-state index is 0. The summed E-state index contributed by atoms with van der Waals surface area (Å²) in [5, 5.41) is 11.2. The monoisotopic (exact) mass is 367 g/mol. The first kappa shape index (κ1) is 19.3. The molecule has 25 heavy (non-hydrogen) atoms. The third-order valence-electron chi connectivity index (χ3n) is 4.57. The predicted octanol–water partition coefficient (Wildman–Crippen LogP) is 2.47. The van der Waals surface area contributed by atoms with E-state index < -0.39 is 0 Å². The van der Waals surface area contributed by atoms with Crippen molar-refractivity contribution in [2.45, 2.75) is 38.1 Å². The minimum atomic E-state index is -0.331. The van der Waals surface area contributed by atoms with Crippen LogP contribution in [0.4, 0.5) is 4.39 Å². The predicted molar refractivity (Wildman–Crippen MR) is 95.4 cm³/mol. The van der Waals surface area contributed by atoms with Gasteiger partial charge < -0.3 is 11.1 Å². The number of hydrogen-bond acceptors (Lipinski definition) is 4. The van der Waals surface area contributed by atoms with Gasteiger partial charge in [-0.1, -0.05) is 19.3 Å². The molecular formula is C17H23ClFN5O. The fraction of sp³-hybridized carbons (Fsp3) is 0.471. The quantitative estimate of drug-likeness (QED) is 0.850. The van der Waals surface area contributed by atoms with Crippen molar-refractivity contribution in [1.29, 1.82) is 0 Å². The Balaban J connectivity index is 0.00000225. The number of aromatic nitrogens is 3. The third-order valence-corrected chi connectivity index (χ3v) is 4.57. The number of halogens is 2. The Kier molecular flexibility index (Phi) is 6.90. The normalized spacial score (nSPS) is 16.1. The summed E-state index contributed by atoms with van der Waals surface area (Å²) in [6, 6.07) is 5.73. The lowest BCUT2D eigenvalue weighted by atomic mass is 9.84. The van der Waals surface area contributed by atoms with Gasteiger partial charge in [0.1, 0.15) is 5.82 Å². The molecule has 0 spiro atoms. The van der Waals surface area contributed by atoms with Gasteiger partial charge >= 0.3 is 0 Å². The second-order valence-corrected chi connectivity index (χ2v) is 6.21. The van der Waals surface area contributed by atoms with E-state index in [0.29, 0.717) is 18.2 Å². The van der Waals surface area contributed by atoms with E-state index in [0.717, 1.165) is 12.8 Å². The van der Waals surface area contributed by atoms with Crippen molar-refractivity contribution in [1.82, 2.24) is 20.3 Å². The Morgan fingerprint density at radius 3 is 2.60 bits per heavy atom. The molecule has 0 saturated heterocycles. The van der Waals surface area contributed by atoms with Gasteiger partial charge in [0.25, 0.3) is 5.91 Å². The Labute approximate surface area is 152 Å². The number of hydrogen-bond donors (Lipinski definition) is 2. The van der Waals surface area contributed by atoms with E-state index in [1.807, 2.05) is 0 Å². The first-order valence-electron chi connectivity index (χ1n) is 8.36. The van der Waals surface area contributed by atoms with Crippen molar-refractivity contribution in [2.24, 2.45) is 11.7 Å². The molecular weight excluding hydrogens is 345 g/mol. The summed E-state index contributed by atoms with van der Waals surface area (Å²) in [4.78, 5) is 13.7. The second kappa shape index (κ2) is 8.92. The van der Waals surface area contributed by atoms with Crippen LogP contribution in [0.3, 0.4) is 0 Å². The van der Waals surface area contributed by atoms with Crippen LogP contribution in [-0.4, -0.2) is 33.5 Å². The van der Waals surface area contributed by atoms with Gasteiger partial charge in [-0.3, -0.25) is 4.79 Å². The molecule has 1 atom stereocenters. The number of benzene rings is 1. The topological polar surface area (TPSA) is 85.8 Å². The summed E-state index contributed by atoms with van der Waals surface area (Å²) < 4.78 is 13.0. The van der Waals surface area contributed by atoms with Crippen molar-refractivity contribution in [3.8, 4) is 5.69 Å². The van der Waals surface area contributed by atoms with Crippen LogP contribution in [0.2, 0.25) is 0 Å². The maximum absolute atomic E-state index is 13.0. The number of nitrogens with two attached hydrogens (primary N) is 1. The number of rotatable bonds is 5. The molecule has 1 aliphatic carbocycles. The Bertz CT molecular complexity index is 685. The molecule has 0 radical (unpaired) electrons. The van der Waals surface area contributed by atoms with E-state index in [9.17, 15) is 9.18 Å². The molecule has 0 bridgehead atoms. The summed E-state index contributed by atoms with van der Waals surface area (Å²) in [6.45, 7) is 0.419. The molecule has 0 aliphatic heterocycles. The smallest absolute Gasteiger partial charge is 0.273 e. The van der Waals surface area contributed by atoms with Gasteiger partial charge in [-0.05, 0) is 43.0 Å². The summed E-state index contributed by atoms with van der Waals surface area (Å²) in [5.74, 6) is -0.175. The molecule has 1 heterocycles. The Morgan fingerprint density at radius 1 is 1.28 bits per heavy atom. The van der Waals surface area contributed by atoms with Gasteiger partial charge in [0.2, 0.25) is 0 Å². The zero-order valence-corrected chi connectivity index (χ0v) is 14.7. The summed E-state index contributed by atoms with van der Waals surface area (Å²) in [5.41, 5.74) is 6.67. The average molecular weight is 368 g/mol. The lowest BCUT2D eigenvalue weighted by Crippen LogP contribution is -2.46. The molecule has 1 unspecified atom stereocenters. The highest BCUT2D eigenvalue weighted by atomic mass is 35.5. The Hall–Kier alpha value is -1.99. The van der Waals surface area contributed by atoms with Crippen molar-refractivity contribution in [2.75, 3.05) is 6.54 Å². The largest absolute Gasteiger partial charge is 0.346 e. The second-order valence-electron chi connectivity index (χ2n) is 6.21. The summed E-state index contributed by atoms with van der Waals surface area (Å²) in [7, 11) is 0. The van der Waals surface area contributed by atoms with Crippen LogP contribution >= 0.6 is 12.4 Å². The highest BCUT2D eigenvalue weighted by Crippen LogP contribution is 2.26. The van der Waals surface area contributed by atoms with Crippen LogP contribution in [0.1, 0.15) is 42.6 Å². The van der Waals surface area contributed by atoms with Crippen LogP contribution in [0.15, 0.2) is 30.5 Å². The molecule has 1 saturated carbocycles. The number of carbonyl (C=O) groups is 1. The van der Waals surface area contributed by atoms with Crippen molar-refractivity contribution >= 4 is 18.3 Å². The van der Waals surface area contributed by atoms with Crippen LogP contribution in [0.5, 0.6) is 0 Å². The van der Waals surface area contributed by atoms with E-state index >= 15 is 0 Å². The van der Waals surface area contributed by atoms with Crippen LogP contribution in [-0.2, 0) is 0 Å². The summed E-state index contributed by atoms with van der Waals surface area (Å²) in [6.07, 6.45) is 7.26. The molecule has 3 N–H and O–H groups in total. The molecule has 1 aromatic heterocycles. The van der Waals surface area contributed by atoms with E-state index in [1.165, 1.54) is 42.4 Å². The molecule has 1 fully saturated rings. The lowest BCUT2D eigenvalue weighted by molar-refractivity contribution is 0.0910. The van der Waals surface area contributed by atoms with Crippen LogP contribution in [0.25, 0.3) is 5.69 Å². The molecule has 136 valence electrons. The van der Waals surface area contributed by atoms with Gasteiger partial charge in [-0.25, -0.2) is 4.39 Å². The Morgan fingerprint density at radius 2 is 1.96 bits per heavy atom. The fourth-order valence-electron chi connectivity index (χ4n) is 3.21. The van der Waals surface area contributed by atoms with E-state index in [1.54, 1.807) is 12.1 Å². The number of nitrogens with zero attached hydrogens (tertiary/aromatic N) is 3. The minimum Gasteiger partial charge on any atom is -0.346 e.